The Morgan fingerprint density at radius 3 is 1.87 bits per heavy atom. The van der Waals surface area contributed by atoms with Gasteiger partial charge in [-0.2, -0.15) is 5.10 Å². The van der Waals surface area contributed by atoms with Gasteiger partial charge in [0.25, 0.3) is 5.91 Å². The zero-order valence-electron chi connectivity index (χ0n) is 30.4. The van der Waals surface area contributed by atoms with Gasteiger partial charge in [-0.3, -0.25) is 19.3 Å². The monoisotopic (exact) mass is 703 g/mol. The molecule has 0 radical (unpaired) electrons. The number of carbonyl (C=O) groups excluding carboxylic acids is 2. The Labute approximate surface area is 315 Å². The van der Waals surface area contributed by atoms with Crippen molar-refractivity contribution in [1.82, 2.24) is 39.5 Å². The van der Waals surface area contributed by atoms with Crippen LogP contribution in [0.25, 0.3) is 10.9 Å². The van der Waals surface area contributed by atoms with Gasteiger partial charge in [0, 0.05) is 63.0 Å². The number of carboxylic acids is 1. The summed E-state index contributed by atoms with van der Waals surface area (Å²) in [6.45, 7) is 11.1. The number of nitrogens with one attached hydrogen (secondary N) is 1. The molecule has 52 heavy (non-hydrogen) atoms. The Morgan fingerprint density at radius 2 is 1.37 bits per heavy atom. The third kappa shape index (κ3) is 8.66. The van der Waals surface area contributed by atoms with Crippen LogP contribution in [0, 0.1) is 0 Å². The molecule has 270 valence electrons. The molecule has 16 heteroatoms. The minimum atomic E-state index is -1.28. The normalized spacial score (nSPS) is 20.5. The molecule has 4 aromatic rings. The quantitative estimate of drug-likeness (QED) is 0.216. The molecule has 15 nitrogen and oxygen atoms in total. The number of fused-ring (bicyclic) bond motifs is 1. The van der Waals surface area contributed by atoms with E-state index in [1.807, 2.05) is 32.3 Å². The number of nitrogens with zero attached hydrogens (tertiary/aromatic N) is 10. The fraction of sp³-hybridized carbons (Fsp3) is 0.528. The number of anilines is 3. The van der Waals surface area contributed by atoms with Crippen LogP contribution < -0.4 is 43.8 Å². The number of aromatic nitrogens is 6. The van der Waals surface area contributed by atoms with Gasteiger partial charge < -0.3 is 29.8 Å². The van der Waals surface area contributed by atoms with Crippen LogP contribution in [0.2, 0.25) is 0 Å². The van der Waals surface area contributed by atoms with Gasteiger partial charge in [-0.05, 0) is 77.7 Å². The van der Waals surface area contributed by atoms with Crippen molar-refractivity contribution in [3.63, 3.8) is 0 Å². The number of rotatable bonds is 9. The van der Waals surface area contributed by atoms with Crippen molar-refractivity contribution >= 4 is 40.1 Å². The van der Waals surface area contributed by atoms with Gasteiger partial charge in [0.1, 0.15) is 28.8 Å². The van der Waals surface area contributed by atoms with Crippen LogP contribution in [0.1, 0.15) is 66.4 Å². The summed E-state index contributed by atoms with van der Waals surface area (Å²) in [6.07, 6.45) is 15.5. The van der Waals surface area contributed by atoms with Crippen molar-refractivity contribution in [2.45, 2.75) is 57.5 Å². The van der Waals surface area contributed by atoms with E-state index in [9.17, 15) is 14.7 Å². The van der Waals surface area contributed by atoms with E-state index in [4.69, 9.17) is 4.74 Å². The number of carbonyl (C=O) groups is 2. The number of amides is 1. The number of likely N-dealkylation sites (tertiary alicyclic amines) is 2. The van der Waals surface area contributed by atoms with Crippen LogP contribution in [0.5, 0.6) is 5.75 Å². The van der Waals surface area contributed by atoms with Gasteiger partial charge in [-0.25, -0.2) is 19.9 Å². The molecular formula is C36H46LiN11O4. The average molecular weight is 704 g/mol. The summed E-state index contributed by atoms with van der Waals surface area (Å²) in [4.78, 5) is 50.0. The third-order valence-electron chi connectivity index (χ3n) is 10.3. The van der Waals surface area contributed by atoms with Crippen molar-refractivity contribution in [2.24, 2.45) is 7.05 Å². The van der Waals surface area contributed by atoms with Gasteiger partial charge >= 0.3 is 18.9 Å². The number of aromatic carboxylic acids is 1. The number of aryl methyl sites for hydroxylation is 1. The third-order valence-corrected chi connectivity index (χ3v) is 10.3. The van der Waals surface area contributed by atoms with E-state index >= 15 is 0 Å². The molecule has 1 amide bonds. The molecule has 1 N–H and O–H groups in total. The maximum Gasteiger partial charge on any atom is 1.00 e. The summed E-state index contributed by atoms with van der Waals surface area (Å²) in [5, 5.41) is 18.9. The molecule has 0 unspecified atom stereocenters. The Bertz CT molecular complexity index is 1810. The van der Waals surface area contributed by atoms with E-state index < -0.39 is 5.97 Å². The van der Waals surface area contributed by atoms with E-state index in [1.165, 1.54) is 64.3 Å². The number of carboxylic acid groups (broad SMARTS) is 1. The molecule has 0 saturated carbocycles. The molecule has 0 aliphatic carbocycles. The molecular weight excluding hydrogens is 657 g/mol. The second-order valence-corrected chi connectivity index (χ2v) is 13.7. The first-order valence-corrected chi connectivity index (χ1v) is 18.1. The van der Waals surface area contributed by atoms with E-state index in [-0.39, 0.29) is 36.2 Å². The number of hydrogen-bond acceptors (Lipinski definition) is 13. The Hall–Kier alpha value is -4.29. The van der Waals surface area contributed by atoms with Gasteiger partial charge in [0.15, 0.2) is 0 Å². The molecule has 3 aromatic heterocycles. The van der Waals surface area contributed by atoms with Gasteiger partial charge in [0.05, 0.1) is 48.6 Å². The maximum atomic E-state index is 12.9. The van der Waals surface area contributed by atoms with Crippen molar-refractivity contribution < 1.29 is 38.3 Å². The molecule has 4 saturated heterocycles. The molecule has 4 aliphatic heterocycles. The first-order valence-electron chi connectivity index (χ1n) is 18.1. The predicted octanol–water partition coefficient (Wildman–Crippen LogP) is -0.793. The van der Waals surface area contributed by atoms with Gasteiger partial charge in [0.2, 0.25) is 0 Å². The Morgan fingerprint density at radius 1 is 0.808 bits per heavy atom. The summed E-state index contributed by atoms with van der Waals surface area (Å²) in [5.74, 6) is 0.573. The molecule has 2 atom stereocenters. The summed E-state index contributed by atoms with van der Waals surface area (Å²) in [6, 6.07) is 4.91. The van der Waals surface area contributed by atoms with Crippen molar-refractivity contribution in [3.8, 4) is 5.75 Å². The van der Waals surface area contributed by atoms with Crippen LogP contribution in [0.4, 0.5) is 17.3 Å². The van der Waals surface area contributed by atoms with E-state index in [0.717, 1.165) is 61.6 Å². The van der Waals surface area contributed by atoms with E-state index in [0.29, 0.717) is 30.1 Å². The van der Waals surface area contributed by atoms with Crippen LogP contribution in [0.15, 0.2) is 43.1 Å². The first kappa shape index (κ1) is 37.5. The molecule has 8 rings (SSSR count). The summed E-state index contributed by atoms with van der Waals surface area (Å²) in [7, 11) is 1.86. The topological polar surface area (TPSA) is 161 Å². The second kappa shape index (κ2) is 17.0. The smallest absolute Gasteiger partial charge is 0.543 e. The molecule has 4 aliphatic rings. The summed E-state index contributed by atoms with van der Waals surface area (Å²) >= 11 is 0. The maximum absolute atomic E-state index is 12.9. The van der Waals surface area contributed by atoms with Crippen LogP contribution >= 0.6 is 0 Å². The van der Waals surface area contributed by atoms with Crippen LogP contribution in [-0.2, 0) is 7.05 Å². The minimum absolute atomic E-state index is 0. The molecule has 0 bridgehead atoms. The average Bonchev–Trinajstić information content (AvgIpc) is 3.99. The molecule has 7 heterocycles. The first-order chi connectivity index (χ1) is 24.8. The van der Waals surface area contributed by atoms with E-state index in [2.05, 4.69) is 50.0 Å². The molecule has 4 fully saturated rings. The fourth-order valence-electron chi connectivity index (χ4n) is 7.64. The SMILES string of the molecule is CCOc1cc2nn(C)cc2cc1NC(=O)c1cnc(N2CC[C@H](N3CCCC3)C2)cn1.O=C([O-])c1cnc(N2CC[C@H](N3CCCC3)C2)cn1.[Li+]. The van der Waals surface area contributed by atoms with E-state index in [1.54, 1.807) is 17.1 Å². The van der Waals surface area contributed by atoms with Gasteiger partial charge in [-0.1, -0.05) is 0 Å². The predicted molar refractivity (Wildman–Crippen MR) is 191 cm³/mol. The van der Waals surface area contributed by atoms with Crippen molar-refractivity contribution in [3.05, 3.63) is 54.5 Å². The zero-order valence-corrected chi connectivity index (χ0v) is 30.4. The van der Waals surface area contributed by atoms with Crippen molar-refractivity contribution in [1.29, 1.82) is 0 Å². The van der Waals surface area contributed by atoms with Gasteiger partial charge in [-0.15, -0.1) is 0 Å². The van der Waals surface area contributed by atoms with Crippen LogP contribution in [-0.4, -0.2) is 122 Å². The number of benzene rings is 1. The largest absolute Gasteiger partial charge is 1.00 e. The standard InChI is InChI=1S/C23H29N7O2.C13H18N4O2.Li/c1-3-32-21-11-18-16(14-28(2)27-18)10-19(21)26-23(31)20-12-25-22(13-24-20)30-9-6-17(15-30)29-7-4-5-8-29;18-13(19)11-7-15-12(8-14-11)17-6-3-10(9-17)16-4-1-2-5-16;/h10-14,17H,3-9,15H2,1-2H3,(H,26,31);7-8,10H,1-6,9H2,(H,18,19);/q;;+1/p-1/t17-;10-;/m00./s1. The fourth-order valence-corrected chi connectivity index (χ4v) is 7.64. The number of hydrogen-bond donors (Lipinski definition) is 1. The summed E-state index contributed by atoms with van der Waals surface area (Å²) < 4.78 is 7.46. The number of ether oxygens (including phenoxy) is 1. The zero-order chi connectivity index (χ0) is 35.3. The van der Waals surface area contributed by atoms with Crippen molar-refractivity contribution in [2.75, 3.05) is 74.1 Å². The van der Waals surface area contributed by atoms with Crippen LogP contribution in [0.3, 0.4) is 0 Å². The minimum Gasteiger partial charge on any atom is -0.543 e. The Kier molecular flexibility index (Phi) is 12.3. The molecule has 1 aromatic carbocycles. The molecule has 0 spiro atoms. The Balaban J connectivity index is 0.000000198. The second-order valence-electron chi connectivity index (χ2n) is 13.7. The summed E-state index contributed by atoms with van der Waals surface area (Å²) in [5.41, 5.74) is 1.57.